The number of rotatable bonds is 11. The Morgan fingerprint density at radius 1 is 1.00 bits per heavy atom. The number of aromatic nitrogens is 5. The summed E-state index contributed by atoms with van der Waals surface area (Å²) in [6.07, 6.45) is 10.2. The standard InChI is InChI=1S/C28H40N8O5/c37-24(12-13-25(38)39)31-26(18-8-4-5-9-18)20-10-11-21(30-20)28(41)36-16-19(17-6-2-1-3-7-17)14-22(36)27(40)29-15-23-32-34-35-33-23/h10-11,17-19,22,26,30H,1-9,12-16H2,(H,29,40)(H,31,37)(H,38,39)(H,32,33,34,35)/t19?,22-,26?/m0/s1. The van der Waals surface area contributed by atoms with Gasteiger partial charge in [-0.1, -0.05) is 50.2 Å². The van der Waals surface area contributed by atoms with E-state index in [-0.39, 0.29) is 55.0 Å². The molecule has 0 aromatic carbocycles. The zero-order valence-electron chi connectivity index (χ0n) is 23.3. The van der Waals surface area contributed by atoms with Crippen LogP contribution in [-0.2, 0) is 20.9 Å². The maximum atomic E-state index is 13.9. The van der Waals surface area contributed by atoms with Crippen LogP contribution >= 0.6 is 0 Å². The van der Waals surface area contributed by atoms with Crippen molar-refractivity contribution in [3.05, 3.63) is 29.3 Å². The highest BCUT2D eigenvalue weighted by molar-refractivity contribution is 5.97. The van der Waals surface area contributed by atoms with E-state index in [1.54, 1.807) is 11.0 Å². The second-order valence-corrected chi connectivity index (χ2v) is 11.7. The summed E-state index contributed by atoms with van der Waals surface area (Å²) in [5, 5.41) is 28.5. The topological polar surface area (TPSA) is 186 Å². The summed E-state index contributed by atoms with van der Waals surface area (Å²) in [5.41, 5.74) is 1.10. The minimum atomic E-state index is -1.02. The lowest BCUT2D eigenvalue weighted by atomic mass is 9.79. The van der Waals surface area contributed by atoms with Gasteiger partial charge in [0.2, 0.25) is 11.8 Å². The number of nitrogens with one attached hydrogen (secondary N) is 4. The average Bonchev–Trinajstić information content (AvgIpc) is 3.81. The number of aliphatic carboxylic acids is 1. The summed E-state index contributed by atoms with van der Waals surface area (Å²) in [4.78, 5) is 55.7. The molecule has 222 valence electrons. The smallest absolute Gasteiger partial charge is 0.303 e. The van der Waals surface area contributed by atoms with Crippen molar-refractivity contribution in [2.75, 3.05) is 6.54 Å². The second kappa shape index (κ2) is 13.3. The first-order valence-electron chi connectivity index (χ1n) is 14.9. The van der Waals surface area contributed by atoms with E-state index in [4.69, 9.17) is 5.11 Å². The van der Waals surface area contributed by atoms with Gasteiger partial charge >= 0.3 is 5.97 Å². The quantitative estimate of drug-likeness (QED) is 0.273. The van der Waals surface area contributed by atoms with Crippen LogP contribution in [0.1, 0.15) is 105 Å². The van der Waals surface area contributed by atoms with Gasteiger partial charge in [-0.3, -0.25) is 19.2 Å². The molecule has 0 radical (unpaired) electrons. The Hall–Kier alpha value is -3.77. The monoisotopic (exact) mass is 568 g/mol. The third kappa shape index (κ3) is 7.12. The van der Waals surface area contributed by atoms with E-state index < -0.39 is 12.0 Å². The van der Waals surface area contributed by atoms with Gasteiger partial charge in [-0.05, 0) is 49.1 Å². The molecule has 41 heavy (non-hydrogen) atoms. The Bertz CT molecular complexity index is 1200. The number of H-pyrrole nitrogens is 2. The van der Waals surface area contributed by atoms with Crippen molar-refractivity contribution in [1.29, 1.82) is 0 Å². The lowest BCUT2D eigenvalue weighted by molar-refractivity contribution is -0.139. The Morgan fingerprint density at radius 3 is 2.46 bits per heavy atom. The molecular formula is C28H40N8O5. The van der Waals surface area contributed by atoms with Crippen LogP contribution in [0.25, 0.3) is 0 Å². The first-order valence-corrected chi connectivity index (χ1v) is 14.9. The third-order valence-corrected chi connectivity index (χ3v) is 9.05. The Labute approximate surface area is 238 Å². The van der Waals surface area contributed by atoms with Gasteiger partial charge in [-0.2, -0.15) is 5.21 Å². The van der Waals surface area contributed by atoms with E-state index in [1.165, 1.54) is 19.3 Å². The number of tetrazole rings is 1. The molecule has 3 fully saturated rings. The molecule has 2 aliphatic carbocycles. The normalized spacial score (nSPS) is 22.5. The van der Waals surface area contributed by atoms with Crippen molar-refractivity contribution in [3.63, 3.8) is 0 Å². The summed E-state index contributed by atoms with van der Waals surface area (Å²) < 4.78 is 0. The highest BCUT2D eigenvalue weighted by Crippen LogP contribution is 2.39. The van der Waals surface area contributed by atoms with Crippen molar-refractivity contribution in [2.45, 2.75) is 95.7 Å². The molecule has 2 aromatic heterocycles. The average molecular weight is 569 g/mol. The zero-order chi connectivity index (χ0) is 28.8. The summed E-state index contributed by atoms with van der Waals surface area (Å²) >= 11 is 0. The third-order valence-electron chi connectivity index (χ3n) is 9.05. The molecule has 3 amide bonds. The Balaban J connectivity index is 1.32. The SMILES string of the molecule is O=C(O)CCC(=O)NC(c1ccc(C(=O)N2CC(C3CCCCC3)C[C@H]2C(=O)NCc2nn[nH]n2)[nH]1)C1CCCC1. The van der Waals surface area contributed by atoms with Crippen LogP contribution in [-0.4, -0.2) is 71.9 Å². The van der Waals surface area contributed by atoms with Gasteiger partial charge in [-0.15, -0.1) is 10.2 Å². The van der Waals surface area contributed by atoms with Crippen molar-refractivity contribution in [3.8, 4) is 0 Å². The summed E-state index contributed by atoms with van der Waals surface area (Å²) in [7, 11) is 0. The number of carbonyl (C=O) groups excluding carboxylic acids is 3. The predicted molar refractivity (Wildman–Crippen MR) is 146 cm³/mol. The van der Waals surface area contributed by atoms with Crippen molar-refractivity contribution in [2.24, 2.45) is 17.8 Å². The fourth-order valence-corrected chi connectivity index (χ4v) is 6.91. The summed E-state index contributed by atoms with van der Waals surface area (Å²) in [6.45, 7) is 0.648. The molecule has 2 unspecified atom stereocenters. The van der Waals surface area contributed by atoms with Crippen molar-refractivity contribution in [1.82, 2.24) is 41.1 Å². The molecular weight excluding hydrogens is 528 g/mol. The van der Waals surface area contributed by atoms with Crippen molar-refractivity contribution >= 4 is 23.7 Å². The Morgan fingerprint density at radius 2 is 1.76 bits per heavy atom. The molecule has 2 aromatic rings. The number of likely N-dealkylation sites (tertiary alicyclic amines) is 1. The van der Waals surface area contributed by atoms with E-state index in [0.29, 0.717) is 30.4 Å². The Kier molecular flexibility index (Phi) is 9.30. The van der Waals surface area contributed by atoms with Gasteiger partial charge in [0.15, 0.2) is 5.82 Å². The molecule has 1 saturated heterocycles. The highest BCUT2D eigenvalue weighted by atomic mass is 16.4. The molecule has 13 nitrogen and oxygen atoms in total. The van der Waals surface area contributed by atoms with Gasteiger partial charge in [0.25, 0.3) is 5.91 Å². The number of carboxylic acid groups (broad SMARTS) is 1. The van der Waals surface area contributed by atoms with Crippen LogP contribution in [0.3, 0.4) is 0 Å². The maximum Gasteiger partial charge on any atom is 0.303 e. The van der Waals surface area contributed by atoms with Gasteiger partial charge in [0.05, 0.1) is 19.0 Å². The second-order valence-electron chi connectivity index (χ2n) is 11.7. The fourth-order valence-electron chi connectivity index (χ4n) is 6.91. The number of hydrogen-bond acceptors (Lipinski definition) is 7. The van der Waals surface area contributed by atoms with E-state index in [2.05, 4.69) is 36.2 Å². The lowest BCUT2D eigenvalue weighted by Crippen LogP contribution is -2.46. The van der Waals surface area contributed by atoms with Crippen LogP contribution in [0.4, 0.5) is 0 Å². The molecule has 0 bridgehead atoms. The van der Waals surface area contributed by atoms with Crippen LogP contribution in [0.2, 0.25) is 0 Å². The fraction of sp³-hybridized carbons (Fsp3) is 0.679. The first-order chi connectivity index (χ1) is 19.9. The molecule has 13 heteroatoms. The molecule has 0 spiro atoms. The van der Waals surface area contributed by atoms with Crippen molar-refractivity contribution < 1.29 is 24.3 Å². The zero-order valence-corrected chi connectivity index (χ0v) is 23.3. The minimum absolute atomic E-state index is 0.0952. The van der Waals surface area contributed by atoms with Crippen LogP contribution < -0.4 is 10.6 Å². The number of aromatic amines is 2. The molecule has 2 saturated carbocycles. The van der Waals surface area contributed by atoms with E-state index in [0.717, 1.165) is 44.2 Å². The molecule has 5 rings (SSSR count). The van der Waals surface area contributed by atoms with Gasteiger partial charge in [0, 0.05) is 18.7 Å². The number of carboxylic acids is 1. The first kappa shape index (κ1) is 28.7. The number of carbonyl (C=O) groups is 4. The molecule has 5 N–H and O–H groups in total. The lowest BCUT2D eigenvalue weighted by Gasteiger charge is -2.27. The molecule has 3 heterocycles. The van der Waals surface area contributed by atoms with E-state index >= 15 is 0 Å². The number of nitrogens with zero attached hydrogens (tertiary/aromatic N) is 4. The maximum absolute atomic E-state index is 13.9. The largest absolute Gasteiger partial charge is 0.481 e. The summed E-state index contributed by atoms with van der Waals surface area (Å²) in [5.74, 6) is -0.472. The minimum Gasteiger partial charge on any atom is -0.481 e. The van der Waals surface area contributed by atoms with Gasteiger partial charge in [-0.25, -0.2) is 0 Å². The van der Waals surface area contributed by atoms with E-state index in [9.17, 15) is 19.2 Å². The van der Waals surface area contributed by atoms with Gasteiger partial charge in [0.1, 0.15) is 11.7 Å². The molecule has 3 aliphatic rings. The summed E-state index contributed by atoms with van der Waals surface area (Å²) in [6, 6.07) is 2.62. The van der Waals surface area contributed by atoms with Crippen LogP contribution in [0.5, 0.6) is 0 Å². The molecule has 3 atom stereocenters. The predicted octanol–water partition coefficient (Wildman–Crippen LogP) is 2.47. The number of hydrogen-bond donors (Lipinski definition) is 5. The van der Waals surface area contributed by atoms with Crippen LogP contribution in [0.15, 0.2) is 12.1 Å². The molecule has 1 aliphatic heterocycles. The van der Waals surface area contributed by atoms with Gasteiger partial charge < -0.3 is 25.6 Å². The highest BCUT2D eigenvalue weighted by Gasteiger charge is 2.43. The van der Waals surface area contributed by atoms with E-state index in [1.807, 2.05) is 6.07 Å². The van der Waals surface area contributed by atoms with Crippen LogP contribution in [0, 0.1) is 17.8 Å². The number of amides is 3.